The summed E-state index contributed by atoms with van der Waals surface area (Å²) in [7, 11) is -0.0590. The van der Waals surface area contributed by atoms with E-state index in [0.29, 0.717) is 19.8 Å². The van der Waals surface area contributed by atoms with E-state index in [1.54, 1.807) is 7.11 Å². The molecule has 0 aliphatic rings. The van der Waals surface area contributed by atoms with Crippen LogP contribution in [-0.4, -0.2) is 41.5 Å². The second-order valence-corrected chi connectivity index (χ2v) is 12.8. The summed E-state index contributed by atoms with van der Waals surface area (Å²) in [5, 5.41) is 0.232. The van der Waals surface area contributed by atoms with Crippen LogP contribution in [0.3, 0.4) is 0 Å². The molecular weight excluding hydrogens is 344 g/mol. The number of ether oxygens (including phenoxy) is 3. The quantitative estimate of drug-likeness (QED) is 0.285. The third-order valence-electron chi connectivity index (χ3n) is 4.75. The number of hydrogen-bond acceptors (Lipinski definition) is 4. The van der Waals surface area contributed by atoms with E-state index >= 15 is 0 Å². The monoisotopic (exact) mass is 380 g/mol. The van der Waals surface area contributed by atoms with Crippen molar-refractivity contribution in [3.8, 4) is 0 Å². The zero-order chi connectivity index (χ0) is 19.5. The van der Waals surface area contributed by atoms with Crippen LogP contribution in [0.15, 0.2) is 42.5 Å². The first-order valence-electron chi connectivity index (χ1n) is 9.27. The first-order chi connectivity index (χ1) is 12.3. The highest BCUT2D eigenvalue weighted by Gasteiger charge is 2.36. The summed E-state index contributed by atoms with van der Waals surface area (Å²) in [4.78, 5) is 0. The van der Waals surface area contributed by atoms with E-state index in [-0.39, 0.29) is 17.9 Å². The lowest BCUT2D eigenvalue weighted by Gasteiger charge is -2.35. The first-order valence-corrected chi connectivity index (χ1v) is 12.2. The van der Waals surface area contributed by atoms with Crippen LogP contribution in [0.2, 0.25) is 18.1 Å². The van der Waals surface area contributed by atoms with E-state index in [0.717, 1.165) is 12.0 Å². The van der Waals surface area contributed by atoms with Gasteiger partial charge >= 0.3 is 0 Å². The topological polar surface area (TPSA) is 36.9 Å². The van der Waals surface area contributed by atoms with Gasteiger partial charge in [-0.2, -0.15) is 0 Å². The fraction of sp³-hybridized carbons (Fsp3) is 0.619. The molecule has 0 aliphatic heterocycles. The van der Waals surface area contributed by atoms with Crippen molar-refractivity contribution < 1.29 is 18.6 Å². The van der Waals surface area contributed by atoms with Crippen molar-refractivity contribution in [1.82, 2.24) is 0 Å². The molecule has 0 unspecified atom stereocenters. The summed E-state index contributed by atoms with van der Waals surface area (Å²) in [6.45, 7) is 13.3. The molecule has 0 aliphatic carbocycles. The third kappa shape index (κ3) is 9.10. The molecule has 1 rings (SSSR count). The average Bonchev–Trinajstić information content (AvgIpc) is 2.58. The number of hydrogen-bond donors (Lipinski definition) is 0. The summed E-state index contributed by atoms with van der Waals surface area (Å²) >= 11 is 0. The molecule has 26 heavy (non-hydrogen) atoms. The summed E-state index contributed by atoms with van der Waals surface area (Å²) in [5.41, 5.74) is 1.16. The van der Waals surface area contributed by atoms with E-state index in [1.807, 2.05) is 18.2 Å². The van der Waals surface area contributed by atoms with Crippen molar-refractivity contribution in [1.29, 1.82) is 0 Å². The van der Waals surface area contributed by atoms with E-state index in [2.05, 4.69) is 58.2 Å². The molecule has 0 aromatic heterocycles. The van der Waals surface area contributed by atoms with Crippen LogP contribution in [-0.2, 0) is 25.2 Å². The highest BCUT2D eigenvalue weighted by molar-refractivity contribution is 6.74. The van der Waals surface area contributed by atoms with Gasteiger partial charge in [-0.1, -0.05) is 63.3 Å². The predicted octanol–water partition coefficient (Wildman–Crippen LogP) is 5.16. The Labute approximate surface area is 160 Å². The lowest BCUT2D eigenvalue weighted by Crippen LogP contribution is -2.40. The van der Waals surface area contributed by atoms with Crippen molar-refractivity contribution in [3.63, 3.8) is 0 Å². The van der Waals surface area contributed by atoms with Gasteiger partial charge in [-0.05, 0) is 30.1 Å². The smallest absolute Gasteiger partial charge is 0.192 e. The number of methoxy groups -OCH3 is 1. The van der Waals surface area contributed by atoms with E-state index in [9.17, 15) is 0 Å². The fourth-order valence-electron chi connectivity index (χ4n) is 2.02. The minimum Gasteiger partial charge on any atom is -0.413 e. The Balaban J connectivity index is 2.36. The van der Waals surface area contributed by atoms with Crippen LogP contribution in [0.25, 0.3) is 0 Å². The van der Waals surface area contributed by atoms with Gasteiger partial charge in [0, 0.05) is 7.11 Å². The molecule has 0 spiro atoms. The molecule has 0 saturated heterocycles. The summed E-state index contributed by atoms with van der Waals surface area (Å²) < 4.78 is 22.7. The molecule has 0 N–H and O–H groups in total. The van der Waals surface area contributed by atoms with Gasteiger partial charge < -0.3 is 18.6 Å². The maximum Gasteiger partial charge on any atom is 0.192 e. The summed E-state index contributed by atoms with van der Waals surface area (Å²) in [6, 6.07) is 10.2. The molecule has 4 nitrogen and oxygen atoms in total. The van der Waals surface area contributed by atoms with Gasteiger partial charge in [0.15, 0.2) is 8.32 Å². The van der Waals surface area contributed by atoms with Crippen LogP contribution < -0.4 is 0 Å². The van der Waals surface area contributed by atoms with Gasteiger partial charge in [-0.25, -0.2) is 0 Å². The second kappa shape index (κ2) is 11.7. The zero-order valence-electron chi connectivity index (χ0n) is 17.3. The van der Waals surface area contributed by atoms with Gasteiger partial charge in [0.25, 0.3) is 0 Å². The molecule has 0 heterocycles. The molecule has 0 fully saturated rings. The van der Waals surface area contributed by atoms with Gasteiger partial charge in [0.1, 0.15) is 6.79 Å². The van der Waals surface area contributed by atoms with E-state index in [1.165, 1.54) is 0 Å². The van der Waals surface area contributed by atoms with Crippen molar-refractivity contribution in [2.75, 3.05) is 27.1 Å². The Morgan fingerprint density at radius 2 is 1.77 bits per heavy atom. The number of benzene rings is 1. The molecule has 0 bridgehead atoms. The Morgan fingerprint density at radius 3 is 2.38 bits per heavy atom. The molecule has 0 amide bonds. The number of rotatable bonds is 12. The Bertz CT molecular complexity index is 508. The van der Waals surface area contributed by atoms with Crippen LogP contribution in [0, 0.1) is 0 Å². The van der Waals surface area contributed by atoms with Crippen LogP contribution in [0.1, 0.15) is 32.8 Å². The minimum absolute atomic E-state index is 0.0252. The maximum absolute atomic E-state index is 6.15. The van der Waals surface area contributed by atoms with Gasteiger partial charge in [-0.3, -0.25) is 0 Å². The first kappa shape index (κ1) is 23.1. The van der Waals surface area contributed by atoms with Crippen LogP contribution in [0.4, 0.5) is 0 Å². The molecule has 148 valence electrons. The molecule has 0 saturated carbocycles. The van der Waals surface area contributed by atoms with Gasteiger partial charge in [-0.15, -0.1) is 0 Å². The molecular formula is C21H36O4Si. The Kier molecular flexibility index (Phi) is 10.4. The SMILES string of the molecule is COCO[C@@H](C/C=C/CO[Si](C)(C)C(C)(C)C)COCc1ccccc1. The summed E-state index contributed by atoms with van der Waals surface area (Å²) in [6.07, 6.45) is 4.95. The Hall–Kier alpha value is -0.983. The largest absolute Gasteiger partial charge is 0.413 e. The lowest BCUT2D eigenvalue weighted by atomic mass is 10.2. The third-order valence-corrected chi connectivity index (χ3v) is 9.25. The molecule has 0 radical (unpaired) electrons. The fourth-order valence-corrected chi connectivity index (χ4v) is 2.97. The molecule has 1 aromatic carbocycles. The molecule has 1 atom stereocenters. The van der Waals surface area contributed by atoms with Crippen molar-refractivity contribution in [3.05, 3.63) is 48.0 Å². The highest BCUT2D eigenvalue weighted by atomic mass is 28.4. The standard InChI is InChI=1S/C21H36O4Si/c1-21(2,3)26(5,6)25-15-11-10-14-20(24-18-22-4)17-23-16-19-12-8-7-9-13-19/h7-13,20H,14-18H2,1-6H3/b11-10+/t20-/m0/s1. The van der Waals surface area contributed by atoms with E-state index in [4.69, 9.17) is 18.6 Å². The van der Waals surface area contributed by atoms with Crippen LogP contribution >= 0.6 is 0 Å². The zero-order valence-corrected chi connectivity index (χ0v) is 18.3. The summed E-state index contributed by atoms with van der Waals surface area (Å²) in [5.74, 6) is 0. The average molecular weight is 381 g/mol. The minimum atomic E-state index is -1.69. The maximum atomic E-state index is 6.15. The lowest BCUT2D eigenvalue weighted by molar-refractivity contribution is -0.0974. The Morgan fingerprint density at radius 1 is 1.08 bits per heavy atom. The highest BCUT2D eigenvalue weighted by Crippen LogP contribution is 2.36. The van der Waals surface area contributed by atoms with Crippen molar-refractivity contribution >= 4 is 8.32 Å². The molecule has 5 heteroatoms. The van der Waals surface area contributed by atoms with Crippen LogP contribution in [0.5, 0.6) is 0 Å². The second-order valence-electron chi connectivity index (χ2n) is 7.97. The van der Waals surface area contributed by atoms with Crippen molar-refractivity contribution in [2.24, 2.45) is 0 Å². The van der Waals surface area contributed by atoms with E-state index < -0.39 is 8.32 Å². The normalized spacial score (nSPS) is 14.1. The predicted molar refractivity (Wildman–Crippen MR) is 110 cm³/mol. The molecule has 1 aromatic rings. The van der Waals surface area contributed by atoms with Gasteiger partial charge in [0.05, 0.1) is 25.9 Å². The van der Waals surface area contributed by atoms with Crippen molar-refractivity contribution in [2.45, 2.75) is 58.0 Å². The van der Waals surface area contributed by atoms with Gasteiger partial charge in [0.2, 0.25) is 0 Å².